The predicted octanol–water partition coefficient (Wildman–Crippen LogP) is 1.48. The molecular formula is C38H77F3N8O10. The Bertz CT molecular complexity index is 1080. The van der Waals surface area contributed by atoms with E-state index in [-0.39, 0.29) is 12.2 Å². The normalized spacial score (nSPS) is 18.4. The molecular weight excluding hydrogens is 785 g/mol. The van der Waals surface area contributed by atoms with Crippen molar-refractivity contribution in [1.82, 2.24) is 35.1 Å². The van der Waals surface area contributed by atoms with Gasteiger partial charge in [0.05, 0.1) is 52.9 Å². The van der Waals surface area contributed by atoms with E-state index in [1.165, 1.54) is 0 Å². The molecule has 0 atom stereocenters. The smallest absolute Gasteiger partial charge is 0.475 e. The highest BCUT2D eigenvalue weighted by Gasteiger charge is 2.38. The van der Waals surface area contributed by atoms with Gasteiger partial charge in [0.25, 0.3) is 0 Å². The third-order valence-corrected chi connectivity index (χ3v) is 8.33. The second-order valence-electron chi connectivity index (χ2n) is 15.8. The van der Waals surface area contributed by atoms with Crippen molar-refractivity contribution in [3.05, 3.63) is 0 Å². The van der Waals surface area contributed by atoms with Gasteiger partial charge in [-0.25, -0.2) is 14.4 Å². The summed E-state index contributed by atoms with van der Waals surface area (Å²) in [6.45, 7) is 33.0. The van der Waals surface area contributed by atoms with Crippen molar-refractivity contribution in [2.45, 2.75) is 58.9 Å². The number of carboxylic acids is 1. The van der Waals surface area contributed by atoms with Crippen LogP contribution in [0.3, 0.4) is 0 Å². The predicted molar refractivity (Wildman–Crippen MR) is 219 cm³/mol. The molecule has 4 aliphatic heterocycles. The number of halogens is 3. The molecule has 5 N–H and O–H groups in total. The maximum atomic E-state index is 11.7. The first-order chi connectivity index (χ1) is 27.7. The monoisotopic (exact) mass is 863 g/mol. The molecule has 4 fully saturated rings. The van der Waals surface area contributed by atoms with Gasteiger partial charge in [0, 0.05) is 112 Å². The van der Waals surface area contributed by atoms with Crippen molar-refractivity contribution in [2.75, 3.05) is 172 Å². The van der Waals surface area contributed by atoms with Crippen molar-refractivity contribution in [1.29, 1.82) is 0 Å². The van der Waals surface area contributed by atoms with Crippen LogP contribution in [-0.4, -0.2) is 237 Å². The molecule has 2 amide bonds. The zero-order valence-electron chi connectivity index (χ0n) is 37.0. The molecule has 4 saturated heterocycles. The number of hydrogen-bond acceptors (Lipinski definition) is 15. The summed E-state index contributed by atoms with van der Waals surface area (Å²) < 4.78 is 63.0. The number of nitrogens with zero attached hydrogens (tertiary/aromatic N) is 5. The largest absolute Gasteiger partial charge is 0.490 e. The molecule has 0 aromatic heterocycles. The molecule has 0 unspecified atom stereocenters. The standard InChI is InChI=1S/C12H24N2O3.C11H22N2O3.C7H16N2O.C6H14N2O.C2HF3O2/c1-12(2,3)17-11(15)13(4)5-6-14-7-9-16-10-8-14;1-11(2,3)16-10(14)12-4-5-13-6-8-15-9-7-13;1-8-2-3-9-4-6-10-7-5-9;7-1-2-8-3-5-9-6-4-8;3-2(4,5)1(6)7/h5-10H2,1-4H3;4-9H2,1-3H3,(H,12,14);8H,2-7H2,1H3;1-7H2;(H,6,7). The summed E-state index contributed by atoms with van der Waals surface area (Å²) in [6.07, 6.45) is -5.69. The Balaban J connectivity index is 0.000000740. The van der Waals surface area contributed by atoms with E-state index in [2.05, 4.69) is 30.2 Å². The number of alkyl carbamates (subject to hydrolysis) is 1. The number of likely N-dealkylation sites (N-methyl/N-ethyl adjacent to an activating group) is 2. The van der Waals surface area contributed by atoms with Crippen molar-refractivity contribution < 1.29 is 61.1 Å². The minimum absolute atomic E-state index is 0.259. The van der Waals surface area contributed by atoms with Crippen molar-refractivity contribution in [3.8, 4) is 0 Å². The van der Waals surface area contributed by atoms with Gasteiger partial charge in [-0.2, -0.15) is 13.2 Å². The molecule has 0 aromatic rings. The van der Waals surface area contributed by atoms with Crippen LogP contribution in [0.1, 0.15) is 41.5 Å². The van der Waals surface area contributed by atoms with Crippen LogP contribution < -0.4 is 16.4 Å². The second kappa shape index (κ2) is 32.2. The number of alkyl halides is 3. The minimum Gasteiger partial charge on any atom is -0.475 e. The van der Waals surface area contributed by atoms with Gasteiger partial charge in [-0.1, -0.05) is 0 Å². The number of carboxylic acid groups (broad SMARTS) is 1. The van der Waals surface area contributed by atoms with Crippen LogP contribution in [0.2, 0.25) is 0 Å². The zero-order valence-corrected chi connectivity index (χ0v) is 37.0. The number of aliphatic carboxylic acids is 1. The average molecular weight is 863 g/mol. The van der Waals surface area contributed by atoms with E-state index in [0.29, 0.717) is 13.1 Å². The topological polar surface area (TPSA) is 193 Å². The Kier molecular flexibility index (Phi) is 30.7. The van der Waals surface area contributed by atoms with Gasteiger partial charge in [-0.3, -0.25) is 19.6 Å². The zero-order chi connectivity index (χ0) is 44.7. The average Bonchev–Trinajstić information content (AvgIpc) is 3.17. The molecule has 0 aromatic carbocycles. The maximum Gasteiger partial charge on any atom is 0.490 e. The molecule has 21 heteroatoms. The van der Waals surface area contributed by atoms with Crippen LogP contribution in [0.5, 0.6) is 0 Å². The fourth-order valence-corrected chi connectivity index (χ4v) is 5.10. The van der Waals surface area contributed by atoms with E-state index in [9.17, 15) is 22.8 Å². The molecule has 0 bridgehead atoms. The van der Waals surface area contributed by atoms with E-state index < -0.39 is 23.3 Å². The Morgan fingerprint density at radius 3 is 1.31 bits per heavy atom. The van der Waals surface area contributed by atoms with Crippen molar-refractivity contribution in [3.63, 3.8) is 0 Å². The second-order valence-corrected chi connectivity index (χ2v) is 15.8. The van der Waals surface area contributed by atoms with Gasteiger partial charge in [0.2, 0.25) is 0 Å². The number of carbonyl (C=O) groups excluding carboxylic acids is 2. The summed E-state index contributed by atoms with van der Waals surface area (Å²) in [5.41, 5.74) is 4.52. The summed E-state index contributed by atoms with van der Waals surface area (Å²) in [7, 11) is 3.76. The third kappa shape index (κ3) is 34.8. The van der Waals surface area contributed by atoms with Crippen LogP contribution in [-0.2, 0) is 33.2 Å². The van der Waals surface area contributed by atoms with E-state index in [4.69, 9.17) is 44.1 Å². The highest BCUT2D eigenvalue weighted by atomic mass is 19.4. The molecule has 18 nitrogen and oxygen atoms in total. The van der Waals surface area contributed by atoms with E-state index in [1.807, 2.05) is 48.6 Å². The lowest BCUT2D eigenvalue weighted by molar-refractivity contribution is -0.192. The lowest BCUT2D eigenvalue weighted by Crippen LogP contribution is -2.43. The molecule has 59 heavy (non-hydrogen) atoms. The number of ether oxygens (including phenoxy) is 6. The van der Waals surface area contributed by atoms with E-state index in [1.54, 1.807) is 11.9 Å². The number of hydrogen-bond donors (Lipinski definition) is 4. The Morgan fingerprint density at radius 2 is 0.983 bits per heavy atom. The van der Waals surface area contributed by atoms with Gasteiger partial charge in [-0.05, 0) is 48.6 Å². The van der Waals surface area contributed by atoms with Gasteiger partial charge in [0.15, 0.2) is 0 Å². The lowest BCUT2D eigenvalue weighted by atomic mass is 10.2. The van der Waals surface area contributed by atoms with Gasteiger partial charge in [-0.15, -0.1) is 0 Å². The molecule has 4 aliphatic rings. The Morgan fingerprint density at radius 1 is 0.644 bits per heavy atom. The van der Waals surface area contributed by atoms with Gasteiger partial charge >= 0.3 is 24.3 Å². The molecule has 0 aliphatic carbocycles. The quantitative estimate of drug-likeness (QED) is 0.233. The SMILES string of the molecule is CC(C)(C)OC(=O)NCCN1CCOCC1.CN(CCN1CCOCC1)C(=O)OC(C)(C)C.CNCCN1CCOCC1.NCCN1CCOCC1.O=C(O)C(F)(F)F. The maximum absolute atomic E-state index is 11.7. The molecule has 0 radical (unpaired) electrons. The number of nitrogens with two attached hydrogens (primary N) is 1. The van der Waals surface area contributed by atoms with Crippen LogP contribution in [0, 0.1) is 0 Å². The highest BCUT2D eigenvalue weighted by Crippen LogP contribution is 2.13. The summed E-state index contributed by atoms with van der Waals surface area (Å²) in [5.74, 6) is -2.76. The summed E-state index contributed by atoms with van der Waals surface area (Å²) in [4.78, 5) is 42.8. The fourth-order valence-electron chi connectivity index (χ4n) is 5.10. The molecule has 4 rings (SSSR count). The molecule has 0 saturated carbocycles. The summed E-state index contributed by atoms with van der Waals surface area (Å²) in [6, 6.07) is 0. The van der Waals surface area contributed by atoms with E-state index in [0.717, 1.165) is 144 Å². The van der Waals surface area contributed by atoms with Crippen LogP contribution in [0.4, 0.5) is 22.8 Å². The minimum atomic E-state index is -5.08. The number of carbonyl (C=O) groups is 3. The van der Waals surface area contributed by atoms with Crippen LogP contribution in [0.25, 0.3) is 0 Å². The third-order valence-electron chi connectivity index (χ3n) is 8.33. The van der Waals surface area contributed by atoms with Gasteiger partial charge in [0.1, 0.15) is 11.2 Å². The van der Waals surface area contributed by atoms with Gasteiger partial charge < -0.3 is 54.8 Å². The van der Waals surface area contributed by atoms with E-state index >= 15 is 0 Å². The Labute approximate surface area is 350 Å². The van der Waals surface area contributed by atoms with Crippen LogP contribution >= 0.6 is 0 Å². The summed E-state index contributed by atoms with van der Waals surface area (Å²) >= 11 is 0. The molecule has 350 valence electrons. The number of rotatable bonds is 11. The van der Waals surface area contributed by atoms with Crippen molar-refractivity contribution >= 4 is 18.2 Å². The summed E-state index contributed by atoms with van der Waals surface area (Å²) in [5, 5.41) is 13.0. The highest BCUT2D eigenvalue weighted by molar-refractivity contribution is 5.73. The fraction of sp³-hybridized carbons (Fsp3) is 0.921. The first-order valence-corrected chi connectivity index (χ1v) is 20.4. The number of amides is 2. The van der Waals surface area contributed by atoms with Crippen LogP contribution in [0.15, 0.2) is 0 Å². The van der Waals surface area contributed by atoms with Crippen molar-refractivity contribution in [2.24, 2.45) is 5.73 Å². The molecule has 0 spiro atoms. The number of morpholine rings is 4. The lowest BCUT2D eigenvalue weighted by Gasteiger charge is -2.29. The molecule has 4 heterocycles. The first kappa shape index (κ1) is 56.4. The Hall–Kier alpha value is -2.60. The first-order valence-electron chi connectivity index (χ1n) is 20.4. The number of nitrogens with one attached hydrogen (secondary N) is 2.